The van der Waals surface area contributed by atoms with Gasteiger partial charge < -0.3 is 15.2 Å². The molecule has 0 aromatic carbocycles. The van der Waals surface area contributed by atoms with Crippen LogP contribution in [0.3, 0.4) is 0 Å². The number of carbonyl (C=O) groups is 1. The summed E-state index contributed by atoms with van der Waals surface area (Å²) in [5, 5.41) is 11.9. The second kappa shape index (κ2) is 5.20. The van der Waals surface area contributed by atoms with Gasteiger partial charge in [-0.2, -0.15) is 0 Å². The van der Waals surface area contributed by atoms with E-state index in [1.807, 2.05) is 13.8 Å². The molecule has 0 aromatic rings. The van der Waals surface area contributed by atoms with Crippen LogP contribution in [0.25, 0.3) is 0 Å². The average Bonchev–Trinajstić information content (AvgIpc) is 1.96. The Bertz CT molecular complexity index is 184. The van der Waals surface area contributed by atoms with Crippen LogP contribution < -0.4 is 5.32 Å². The lowest BCUT2D eigenvalue weighted by atomic mass is 10.1. The molecule has 0 rings (SSSR count). The van der Waals surface area contributed by atoms with Crippen molar-refractivity contribution in [2.45, 2.75) is 46.3 Å². The molecular weight excluding hydrogens is 182 g/mol. The third kappa shape index (κ3) is 6.71. The molecule has 0 heterocycles. The highest BCUT2D eigenvalue weighted by atomic mass is 16.6. The Morgan fingerprint density at radius 1 is 1.43 bits per heavy atom. The van der Waals surface area contributed by atoms with Crippen molar-refractivity contribution in [1.29, 1.82) is 0 Å². The van der Waals surface area contributed by atoms with E-state index in [2.05, 4.69) is 5.32 Å². The van der Waals surface area contributed by atoms with Crippen molar-refractivity contribution >= 4 is 6.09 Å². The van der Waals surface area contributed by atoms with Gasteiger partial charge in [0.25, 0.3) is 0 Å². The molecule has 0 aliphatic heterocycles. The highest BCUT2D eigenvalue weighted by Crippen LogP contribution is 2.06. The van der Waals surface area contributed by atoms with E-state index < -0.39 is 17.8 Å². The lowest BCUT2D eigenvalue weighted by Gasteiger charge is -2.21. The fourth-order valence-electron chi connectivity index (χ4n) is 0.738. The maximum absolute atomic E-state index is 11.1. The second-order valence-corrected chi connectivity index (χ2v) is 4.69. The summed E-state index contributed by atoms with van der Waals surface area (Å²) >= 11 is 0. The Hall–Kier alpha value is -0.770. The SMILES string of the molecule is CC(C)C(O)CNC(=O)OC(C)(C)C. The lowest BCUT2D eigenvalue weighted by molar-refractivity contribution is 0.0468. The second-order valence-electron chi connectivity index (χ2n) is 4.69. The summed E-state index contributed by atoms with van der Waals surface area (Å²) in [6.45, 7) is 9.40. The van der Waals surface area contributed by atoms with Crippen molar-refractivity contribution in [2.24, 2.45) is 5.92 Å². The van der Waals surface area contributed by atoms with Crippen LogP contribution in [0.2, 0.25) is 0 Å². The monoisotopic (exact) mass is 203 g/mol. The van der Waals surface area contributed by atoms with Gasteiger partial charge in [-0.15, -0.1) is 0 Å². The lowest BCUT2D eigenvalue weighted by Crippen LogP contribution is -2.38. The summed E-state index contributed by atoms with van der Waals surface area (Å²) in [6, 6.07) is 0. The topological polar surface area (TPSA) is 58.6 Å². The van der Waals surface area contributed by atoms with Crippen LogP contribution in [-0.2, 0) is 4.74 Å². The van der Waals surface area contributed by atoms with Gasteiger partial charge in [0.2, 0.25) is 0 Å². The number of aliphatic hydroxyl groups is 1. The van der Waals surface area contributed by atoms with Gasteiger partial charge in [-0.25, -0.2) is 4.79 Å². The minimum Gasteiger partial charge on any atom is -0.444 e. The van der Waals surface area contributed by atoms with Crippen molar-refractivity contribution in [2.75, 3.05) is 6.54 Å². The molecule has 0 aromatic heterocycles. The van der Waals surface area contributed by atoms with E-state index in [9.17, 15) is 9.90 Å². The van der Waals surface area contributed by atoms with Crippen LogP contribution in [0.1, 0.15) is 34.6 Å². The van der Waals surface area contributed by atoms with Crippen LogP contribution in [0.5, 0.6) is 0 Å². The summed E-state index contributed by atoms with van der Waals surface area (Å²) in [4.78, 5) is 11.1. The number of hydrogen-bond acceptors (Lipinski definition) is 3. The normalized spacial score (nSPS) is 13.9. The molecule has 84 valence electrons. The Balaban J connectivity index is 3.75. The van der Waals surface area contributed by atoms with E-state index >= 15 is 0 Å². The summed E-state index contributed by atoms with van der Waals surface area (Å²) in [7, 11) is 0. The molecule has 1 atom stereocenters. The number of hydrogen-bond donors (Lipinski definition) is 2. The Morgan fingerprint density at radius 2 is 1.93 bits per heavy atom. The minimum absolute atomic E-state index is 0.130. The van der Waals surface area contributed by atoms with E-state index in [0.717, 1.165) is 0 Å². The molecule has 1 unspecified atom stereocenters. The summed E-state index contributed by atoms with van der Waals surface area (Å²) in [5.41, 5.74) is -0.493. The van der Waals surface area contributed by atoms with Crippen LogP contribution in [-0.4, -0.2) is 29.4 Å². The van der Waals surface area contributed by atoms with E-state index in [-0.39, 0.29) is 12.5 Å². The predicted octanol–water partition coefficient (Wildman–Crippen LogP) is 1.53. The molecule has 14 heavy (non-hydrogen) atoms. The number of amides is 1. The third-order valence-electron chi connectivity index (χ3n) is 1.62. The molecule has 0 aliphatic carbocycles. The molecule has 0 fully saturated rings. The van der Waals surface area contributed by atoms with E-state index in [1.54, 1.807) is 20.8 Å². The average molecular weight is 203 g/mol. The van der Waals surface area contributed by atoms with Gasteiger partial charge in [0, 0.05) is 6.54 Å². The van der Waals surface area contributed by atoms with Crippen molar-refractivity contribution in [3.05, 3.63) is 0 Å². The Morgan fingerprint density at radius 3 is 2.29 bits per heavy atom. The quantitative estimate of drug-likeness (QED) is 0.731. The highest BCUT2D eigenvalue weighted by Gasteiger charge is 2.17. The van der Waals surface area contributed by atoms with Crippen LogP contribution in [0.4, 0.5) is 4.79 Å². The van der Waals surface area contributed by atoms with Crippen molar-refractivity contribution in [3.8, 4) is 0 Å². The van der Waals surface area contributed by atoms with E-state index in [1.165, 1.54) is 0 Å². The van der Waals surface area contributed by atoms with Gasteiger partial charge in [0.05, 0.1) is 6.10 Å². The molecule has 0 bridgehead atoms. The van der Waals surface area contributed by atoms with Crippen molar-refractivity contribution in [3.63, 3.8) is 0 Å². The molecule has 2 N–H and O–H groups in total. The maximum Gasteiger partial charge on any atom is 0.407 e. The third-order valence-corrected chi connectivity index (χ3v) is 1.62. The zero-order chi connectivity index (χ0) is 11.4. The first-order chi connectivity index (χ1) is 6.22. The van der Waals surface area contributed by atoms with Gasteiger partial charge >= 0.3 is 6.09 Å². The number of aliphatic hydroxyl groups excluding tert-OH is 1. The number of carbonyl (C=O) groups excluding carboxylic acids is 1. The first kappa shape index (κ1) is 13.2. The van der Waals surface area contributed by atoms with E-state index in [4.69, 9.17) is 4.74 Å². The smallest absolute Gasteiger partial charge is 0.407 e. The van der Waals surface area contributed by atoms with Gasteiger partial charge in [0.15, 0.2) is 0 Å². The first-order valence-corrected chi connectivity index (χ1v) is 4.87. The van der Waals surface area contributed by atoms with Gasteiger partial charge in [-0.05, 0) is 26.7 Å². The molecule has 4 nitrogen and oxygen atoms in total. The van der Waals surface area contributed by atoms with E-state index in [0.29, 0.717) is 0 Å². The fourth-order valence-corrected chi connectivity index (χ4v) is 0.738. The van der Waals surface area contributed by atoms with Crippen molar-refractivity contribution < 1.29 is 14.6 Å². The molecule has 0 saturated carbocycles. The first-order valence-electron chi connectivity index (χ1n) is 4.87. The zero-order valence-corrected chi connectivity index (χ0v) is 9.63. The van der Waals surface area contributed by atoms with Gasteiger partial charge in [-0.1, -0.05) is 13.8 Å². The van der Waals surface area contributed by atoms with Gasteiger partial charge in [0.1, 0.15) is 5.60 Å². The molecule has 0 saturated heterocycles. The Labute approximate surface area is 85.6 Å². The number of rotatable bonds is 3. The summed E-state index contributed by atoms with van der Waals surface area (Å²) in [6.07, 6.45) is -1.01. The standard InChI is InChI=1S/C10H21NO3/c1-7(2)8(12)6-11-9(13)14-10(3,4)5/h7-8,12H,6H2,1-5H3,(H,11,13). The van der Waals surface area contributed by atoms with Crippen LogP contribution >= 0.6 is 0 Å². The largest absolute Gasteiger partial charge is 0.444 e. The zero-order valence-electron chi connectivity index (χ0n) is 9.63. The van der Waals surface area contributed by atoms with Crippen molar-refractivity contribution in [1.82, 2.24) is 5.32 Å². The molecular formula is C10H21NO3. The number of ether oxygens (including phenoxy) is 1. The number of alkyl carbamates (subject to hydrolysis) is 1. The Kier molecular flexibility index (Phi) is 4.91. The van der Waals surface area contributed by atoms with Crippen LogP contribution in [0, 0.1) is 5.92 Å². The van der Waals surface area contributed by atoms with Crippen LogP contribution in [0.15, 0.2) is 0 Å². The predicted molar refractivity (Wildman–Crippen MR) is 55.1 cm³/mol. The molecule has 0 spiro atoms. The molecule has 1 amide bonds. The molecule has 0 radical (unpaired) electrons. The maximum atomic E-state index is 11.1. The summed E-state index contributed by atoms with van der Waals surface area (Å²) in [5.74, 6) is 0.130. The summed E-state index contributed by atoms with van der Waals surface area (Å²) < 4.78 is 5.01. The minimum atomic E-state index is -0.525. The fraction of sp³-hybridized carbons (Fsp3) is 0.900. The molecule has 4 heteroatoms. The highest BCUT2D eigenvalue weighted by molar-refractivity contribution is 5.67. The van der Waals surface area contributed by atoms with Gasteiger partial charge in [-0.3, -0.25) is 0 Å². The molecule has 0 aliphatic rings. The number of nitrogens with one attached hydrogen (secondary N) is 1.